The van der Waals surface area contributed by atoms with E-state index in [0.717, 1.165) is 44.1 Å². The van der Waals surface area contributed by atoms with Gasteiger partial charge in [-0.05, 0) is 18.4 Å². The summed E-state index contributed by atoms with van der Waals surface area (Å²) < 4.78 is 2.10. The third kappa shape index (κ3) is 4.14. The smallest absolute Gasteiger partial charge is 0.268 e. The van der Waals surface area contributed by atoms with E-state index in [-0.39, 0.29) is 23.2 Å². The molecule has 3 heterocycles. The number of amides is 1. The Hall–Kier alpha value is -2.48. The fourth-order valence-electron chi connectivity index (χ4n) is 3.07. The molecule has 0 aromatic carbocycles. The van der Waals surface area contributed by atoms with E-state index in [1.54, 1.807) is 12.1 Å². The molecule has 8 nitrogen and oxygen atoms in total. The lowest BCUT2D eigenvalue weighted by atomic mass is 10.0. The molecule has 25 heavy (non-hydrogen) atoms. The molecule has 1 atom stereocenters. The quantitative estimate of drug-likeness (QED) is 0.738. The molecule has 3 rings (SSSR count). The number of nitrogens with zero attached hydrogens (tertiary/aromatic N) is 3. The zero-order chi connectivity index (χ0) is 17.8. The molecule has 0 spiro atoms. The Labute approximate surface area is 146 Å². The molecule has 0 aliphatic carbocycles. The second-order valence-electron chi connectivity index (χ2n) is 6.71. The predicted molar refractivity (Wildman–Crippen MR) is 93.3 cm³/mol. The van der Waals surface area contributed by atoms with Gasteiger partial charge in [-0.2, -0.15) is 0 Å². The number of H-pyrrole nitrogens is 1. The third-order valence-corrected chi connectivity index (χ3v) is 4.23. The van der Waals surface area contributed by atoms with Gasteiger partial charge in [0.25, 0.3) is 5.91 Å². The van der Waals surface area contributed by atoms with Crippen LogP contribution in [-0.4, -0.2) is 38.7 Å². The zero-order valence-corrected chi connectivity index (χ0v) is 14.6. The Kier molecular flexibility index (Phi) is 5.28. The number of aromatic amines is 1. The Morgan fingerprint density at radius 2 is 2.16 bits per heavy atom. The van der Waals surface area contributed by atoms with Crippen molar-refractivity contribution in [2.24, 2.45) is 5.92 Å². The second kappa shape index (κ2) is 7.60. The van der Waals surface area contributed by atoms with Crippen LogP contribution in [0.4, 0.5) is 0 Å². The van der Waals surface area contributed by atoms with E-state index in [2.05, 4.69) is 44.2 Å². The molecule has 1 aliphatic rings. The first-order valence-corrected chi connectivity index (χ1v) is 8.67. The van der Waals surface area contributed by atoms with Gasteiger partial charge in [0, 0.05) is 32.1 Å². The molecular weight excluding hydrogens is 320 g/mol. The van der Waals surface area contributed by atoms with Crippen molar-refractivity contribution >= 4 is 5.91 Å². The van der Waals surface area contributed by atoms with Crippen LogP contribution >= 0.6 is 0 Å². The van der Waals surface area contributed by atoms with E-state index in [1.165, 1.54) is 6.07 Å². The summed E-state index contributed by atoms with van der Waals surface area (Å²) in [6.45, 7) is 6.72. The predicted octanol–water partition coefficient (Wildman–Crippen LogP) is 0.629. The summed E-state index contributed by atoms with van der Waals surface area (Å²) in [4.78, 5) is 26.6. The highest BCUT2D eigenvalue weighted by molar-refractivity contribution is 5.92. The van der Waals surface area contributed by atoms with Crippen molar-refractivity contribution in [2.75, 3.05) is 13.1 Å². The fourth-order valence-corrected chi connectivity index (χ4v) is 3.07. The van der Waals surface area contributed by atoms with E-state index in [0.29, 0.717) is 5.92 Å². The molecule has 0 saturated heterocycles. The van der Waals surface area contributed by atoms with E-state index in [4.69, 9.17) is 0 Å². The molecule has 0 radical (unpaired) electrons. The van der Waals surface area contributed by atoms with Gasteiger partial charge in [0.1, 0.15) is 11.5 Å². The minimum absolute atomic E-state index is 0.249. The maximum Gasteiger partial charge on any atom is 0.268 e. The van der Waals surface area contributed by atoms with Crippen LogP contribution < -0.4 is 16.2 Å². The van der Waals surface area contributed by atoms with E-state index in [9.17, 15) is 9.59 Å². The van der Waals surface area contributed by atoms with Crippen molar-refractivity contribution in [2.45, 2.75) is 39.3 Å². The summed E-state index contributed by atoms with van der Waals surface area (Å²) >= 11 is 0. The lowest BCUT2D eigenvalue weighted by Gasteiger charge is -2.21. The number of carbonyl (C=O) groups excluding carboxylic acids is 1. The van der Waals surface area contributed by atoms with Crippen LogP contribution in [0.15, 0.2) is 23.0 Å². The Morgan fingerprint density at radius 3 is 2.92 bits per heavy atom. The molecule has 0 bridgehead atoms. The number of carbonyl (C=O) groups is 1. The SMILES string of the molecule is CC(C)C[C@@H](NC(=O)c1cccc(=O)[nH]1)c1nnc2n1CCNCC2. The standard InChI is InChI=1S/C17H24N6O2/c1-11(2)10-13(20-17(25)12-4-3-5-15(24)19-12)16-22-21-14-6-7-18-8-9-23(14)16/h3-5,11,13,18H,6-10H2,1-2H3,(H,19,24)(H,20,25)/t13-/m1/s1. The van der Waals surface area contributed by atoms with Crippen LogP contribution in [0.25, 0.3) is 0 Å². The van der Waals surface area contributed by atoms with E-state index < -0.39 is 0 Å². The van der Waals surface area contributed by atoms with Gasteiger partial charge in [-0.15, -0.1) is 10.2 Å². The van der Waals surface area contributed by atoms with Gasteiger partial charge in [-0.1, -0.05) is 19.9 Å². The summed E-state index contributed by atoms with van der Waals surface area (Å²) in [6, 6.07) is 4.29. The largest absolute Gasteiger partial charge is 0.341 e. The normalized spacial score (nSPS) is 15.5. The van der Waals surface area contributed by atoms with Crippen LogP contribution in [0.1, 0.15) is 48.4 Å². The topological polar surface area (TPSA) is 105 Å². The number of hydrogen-bond acceptors (Lipinski definition) is 5. The first-order valence-electron chi connectivity index (χ1n) is 8.67. The van der Waals surface area contributed by atoms with Crippen molar-refractivity contribution in [3.8, 4) is 0 Å². The number of pyridine rings is 1. The highest BCUT2D eigenvalue weighted by atomic mass is 16.2. The van der Waals surface area contributed by atoms with E-state index in [1.807, 2.05) is 0 Å². The van der Waals surface area contributed by atoms with Gasteiger partial charge in [0.15, 0.2) is 5.82 Å². The molecular formula is C17H24N6O2. The lowest BCUT2D eigenvalue weighted by Crippen LogP contribution is -2.33. The van der Waals surface area contributed by atoms with Gasteiger partial charge in [-0.3, -0.25) is 9.59 Å². The molecule has 1 aliphatic heterocycles. The number of aromatic nitrogens is 4. The molecule has 1 amide bonds. The van der Waals surface area contributed by atoms with Crippen LogP contribution in [-0.2, 0) is 13.0 Å². The molecule has 0 fully saturated rings. The van der Waals surface area contributed by atoms with Crippen LogP contribution in [0, 0.1) is 5.92 Å². The minimum Gasteiger partial charge on any atom is -0.341 e. The molecule has 8 heteroatoms. The summed E-state index contributed by atoms with van der Waals surface area (Å²) in [6.07, 6.45) is 1.57. The summed E-state index contributed by atoms with van der Waals surface area (Å²) in [5.41, 5.74) is -0.0472. The Bertz CT molecular complexity index is 794. The number of nitrogens with one attached hydrogen (secondary N) is 3. The van der Waals surface area contributed by atoms with E-state index >= 15 is 0 Å². The zero-order valence-electron chi connectivity index (χ0n) is 14.6. The first kappa shape index (κ1) is 17.3. The van der Waals surface area contributed by atoms with Crippen LogP contribution in [0.5, 0.6) is 0 Å². The highest BCUT2D eigenvalue weighted by Gasteiger charge is 2.25. The van der Waals surface area contributed by atoms with Crippen LogP contribution in [0.3, 0.4) is 0 Å². The van der Waals surface area contributed by atoms with Gasteiger partial charge in [0.05, 0.1) is 6.04 Å². The summed E-state index contributed by atoms with van der Waals surface area (Å²) in [5, 5.41) is 15.0. The van der Waals surface area contributed by atoms with Gasteiger partial charge >= 0.3 is 0 Å². The monoisotopic (exact) mass is 344 g/mol. The maximum atomic E-state index is 12.6. The van der Waals surface area contributed by atoms with Crippen molar-refractivity contribution in [1.29, 1.82) is 0 Å². The average Bonchev–Trinajstić information content (AvgIpc) is 2.82. The van der Waals surface area contributed by atoms with Crippen molar-refractivity contribution < 1.29 is 4.79 Å². The van der Waals surface area contributed by atoms with Crippen molar-refractivity contribution in [1.82, 2.24) is 30.4 Å². The first-order chi connectivity index (χ1) is 12.0. The molecule has 2 aromatic heterocycles. The molecule has 2 aromatic rings. The Morgan fingerprint density at radius 1 is 1.32 bits per heavy atom. The summed E-state index contributed by atoms with van der Waals surface area (Å²) in [7, 11) is 0. The van der Waals surface area contributed by atoms with Gasteiger partial charge in [-0.25, -0.2) is 0 Å². The highest BCUT2D eigenvalue weighted by Crippen LogP contribution is 2.22. The third-order valence-electron chi connectivity index (χ3n) is 4.23. The summed E-state index contributed by atoms with van der Waals surface area (Å²) in [5.74, 6) is 1.78. The Balaban J connectivity index is 1.86. The van der Waals surface area contributed by atoms with Gasteiger partial charge < -0.3 is 20.2 Å². The fraction of sp³-hybridized carbons (Fsp3) is 0.529. The molecule has 134 valence electrons. The lowest BCUT2D eigenvalue weighted by molar-refractivity contribution is 0.0923. The van der Waals surface area contributed by atoms with Crippen LogP contribution in [0.2, 0.25) is 0 Å². The second-order valence-corrected chi connectivity index (χ2v) is 6.71. The maximum absolute atomic E-state index is 12.6. The minimum atomic E-state index is -0.313. The van der Waals surface area contributed by atoms with Crippen molar-refractivity contribution in [3.63, 3.8) is 0 Å². The van der Waals surface area contributed by atoms with Crippen molar-refractivity contribution in [3.05, 3.63) is 45.9 Å². The molecule has 0 saturated carbocycles. The number of rotatable bonds is 5. The molecule has 3 N–H and O–H groups in total. The molecule has 0 unspecified atom stereocenters. The number of hydrogen-bond donors (Lipinski definition) is 3. The van der Waals surface area contributed by atoms with Gasteiger partial charge in [0.2, 0.25) is 5.56 Å². The average molecular weight is 344 g/mol. The number of fused-ring (bicyclic) bond motifs is 1.